The first-order chi connectivity index (χ1) is 13.7. The van der Waals surface area contributed by atoms with Gasteiger partial charge in [0.1, 0.15) is 6.10 Å². The standard InChI is InChI=1S/C20H22O9/c1-11(21)27-18-17(24)14-4-3-9-20(25,29-14)19(18)28-16(23)8-6-12-5-7-13(22)15(10-12)26-2/h3,5-10,14,17-19,22,24-25H,4H2,1-2H3/t14-,17+,18+,19-,20-/m1/s1. The average Bonchev–Trinajstić information content (AvgIpc) is 2.68. The lowest BCUT2D eigenvalue weighted by Gasteiger charge is -2.48. The van der Waals surface area contributed by atoms with Crippen LogP contribution in [0.5, 0.6) is 11.5 Å². The van der Waals surface area contributed by atoms with E-state index in [1.54, 1.807) is 12.1 Å². The number of carbonyl (C=O) groups is 2. The van der Waals surface area contributed by atoms with Gasteiger partial charge in [0.15, 0.2) is 23.7 Å². The number of hydrogen-bond donors (Lipinski definition) is 3. The summed E-state index contributed by atoms with van der Waals surface area (Å²) in [5.41, 5.74) is 0.546. The highest BCUT2D eigenvalue weighted by atomic mass is 16.7. The van der Waals surface area contributed by atoms with Crippen molar-refractivity contribution in [2.24, 2.45) is 0 Å². The highest BCUT2D eigenvalue weighted by molar-refractivity contribution is 5.87. The number of fused-ring (bicyclic) bond motifs is 2. The zero-order chi connectivity index (χ0) is 21.2. The van der Waals surface area contributed by atoms with E-state index >= 15 is 0 Å². The second-order valence-electron chi connectivity index (χ2n) is 6.73. The van der Waals surface area contributed by atoms with E-state index in [1.807, 2.05) is 0 Å². The van der Waals surface area contributed by atoms with Crippen LogP contribution in [0, 0.1) is 0 Å². The van der Waals surface area contributed by atoms with Gasteiger partial charge in [0, 0.05) is 13.0 Å². The molecule has 2 aliphatic rings. The van der Waals surface area contributed by atoms with Gasteiger partial charge in [-0.25, -0.2) is 4.79 Å². The summed E-state index contributed by atoms with van der Waals surface area (Å²) < 4.78 is 20.8. The molecule has 0 aliphatic carbocycles. The Bertz CT molecular complexity index is 846. The largest absolute Gasteiger partial charge is 0.504 e. The molecular formula is C20H22O9. The third-order valence-corrected chi connectivity index (χ3v) is 4.65. The molecule has 29 heavy (non-hydrogen) atoms. The molecule has 2 aliphatic heterocycles. The molecule has 3 N–H and O–H groups in total. The highest BCUT2D eigenvalue weighted by Crippen LogP contribution is 2.37. The Labute approximate surface area is 166 Å². The smallest absolute Gasteiger partial charge is 0.331 e. The maximum absolute atomic E-state index is 12.3. The Hall–Kier alpha value is -2.88. The van der Waals surface area contributed by atoms with Crippen molar-refractivity contribution in [1.82, 2.24) is 0 Å². The van der Waals surface area contributed by atoms with E-state index in [1.165, 1.54) is 31.4 Å². The van der Waals surface area contributed by atoms with Gasteiger partial charge in [0.25, 0.3) is 0 Å². The van der Waals surface area contributed by atoms with Crippen molar-refractivity contribution in [2.45, 2.75) is 43.5 Å². The fourth-order valence-electron chi connectivity index (χ4n) is 3.30. The quantitative estimate of drug-likeness (QED) is 0.367. The second kappa shape index (κ2) is 8.24. The van der Waals surface area contributed by atoms with E-state index in [-0.39, 0.29) is 11.5 Å². The van der Waals surface area contributed by atoms with Gasteiger partial charge in [0.05, 0.1) is 13.2 Å². The number of hydrogen-bond acceptors (Lipinski definition) is 9. The summed E-state index contributed by atoms with van der Waals surface area (Å²) in [5, 5.41) is 30.8. The van der Waals surface area contributed by atoms with E-state index in [2.05, 4.69) is 0 Å². The highest BCUT2D eigenvalue weighted by Gasteiger charge is 2.57. The number of aliphatic hydroxyl groups excluding tert-OH is 1. The summed E-state index contributed by atoms with van der Waals surface area (Å²) in [6.45, 7) is 1.15. The molecule has 0 amide bonds. The lowest BCUT2D eigenvalue weighted by Crippen LogP contribution is -2.66. The van der Waals surface area contributed by atoms with Crippen molar-refractivity contribution in [1.29, 1.82) is 0 Å². The maximum atomic E-state index is 12.3. The molecular weight excluding hydrogens is 384 g/mol. The zero-order valence-corrected chi connectivity index (χ0v) is 15.8. The molecule has 0 saturated carbocycles. The molecule has 5 atom stereocenters. The molecule has 156 valence electrons. The number of ether oxygens (including phenoxy) is 4. The van der Waals surface area contributed by atoms with Crippen LogP contribution in [-0.4, -0.2) is 64.6 Å². The lowest BCUT2D eigenvalue weighted by atomic mass is 9.87. The fourth-order valence-corrected chi connectivity index (χ4v) is 3.30. The molecule has 0 radical (unpaired) electrons. The monoisotopic (exact) mass is 406 g/mol. The van der Waals surface area contributed by atoms with Crippen LogP contribution < -0.4 is 4.74 Å². The summed E-state index contributed by atoms with van der Waals surface area (Å²) in [7, 11) is 1.39. The number of phenols is 1. The number of rotatable bonds is 5. The van der Waals surface area contributed by atoms with Gasteiger partial charge in [-0.15, -0.1) is 0 Å². The van der Waals surface area contributed by atoms with Crippen molar-refractivity contribution in [2.75, 3.05) is 7.11 Å². The predicted molar refractivity (Wildman–Crippen MR) is 98.7 cm³/mol. The van der Waals surface area contributed by atoms with E-state index in [0.717, 1.165) is 13.0 Å². The van der Waals surface area contributed by atoms with Crippen molar-refractivity contribution in [3.05, 3.63) is 42.0 Å². The van der Waals surface area contributed by atoms with Crippen molar-refractivity contribution in [3.8, 4) is 11.5 Å². The topological polar surface area (TPSA) is 132 Å². The van der Waals surface area contributed by atoms with Gasteiger partial charge in [-0.05, 0) is 36.3 Å². The van der Waals surface area contributed by atoms with Gasteiger partial charge in [-0.1, -0.05) is 12.1 Å². The van der Waals surface area contributed by atoms with E-state index in [0.29, 0.717) is 12.0 Å². The van der Waals surface area contributed by atoms with Crippen LogP contribution in [0.2, 0.25) is 0 Å². The summed E-state index contributed by atoms with van der Waals surface area (Å²) in [4.78, 5) is 23.8. The summed E-state index contributed by atoms with van der Waals surface area (Å²) in [6.07, 6.45) is 0.855. The number of aliphatic hydroxyl groups is 2. The van der Waals surface area contributed by atoms with Gasteiger partial charge in [-0.2, -0.15) is 0 Å². The summed E-state index contributed by atoms with van der Waals surface area (Å²) in [6, 6.07) is 4.47. The molecule has 3 rings (SSSR count). The first kappa shape index (κ1) is 20.8. The molecule has 9 heteroatoms. The van der Waals surface area contributed by atoms with Crippen molar-refractivity contribution in [3.63, 3.8) is 0 Å². The van der Waals surface area contributed by atoms with Gasteiger partial charge >= 0.3 is 11.9 Å². The number of aromatic hydroxyl groups is 1. The first-order valence-corrected chi connectivity index (χ1v) is 8.92. The fraction of sp³-hybridized carbons (Fsp3) is 0.400. The second-order valence-corrected chi connectivity index (χ2v) is 6.73. The van der Waals surface area contributed by atoms with Crippen LogP contribution in [0.25, 0.3) is 6.08 Å². The molecule has 0 unspecified atom stereocenters. The Morgan fingerprint density at radius 1 is 1.31 bits per heavy atom. The third kappa shape index (κ3) is 4.42. The molecule has 1 fully saturated rings. The molecule has 0 aromatic heterocycles. The molecule has 1 aromatic carbocycles. The number of esters is 2. The van der Waals surface area contributed by atoms with Crippen LogP contribution in [0.4, 0.5) is 0 Å². The van der Waals surface area contributed by atoms with E-state index < -0.39 is 42.1 Å². The van der Waals surface area contributed by atoms with Gasteiger partial charge in [0.2, 0.25) is 5.79 Å². The van der Waals surface area contributed by atoms with Crippen molar-refractivity contribution >= 4 is 18.0 Å². The van der Waals surface area contributed by atoms with Crippen molar-refractivity contribution < 1.29 is 43.9 Å². The zero-order valence-electron chi connectivity index (χ0n) is 15.8. The third-order valence-electron chi connectivity index (χ3n) is 4.65. The maximum Gasteiger partial charge on any atom is 0.331 e. The number of methoxy groups -OCH3 is 1. The average molecular weight is 406 g/mol. The Kier molecular flexibility index (Phi) is 5.92. The van der Waals surface area contributed by atoms with E-state index in [4.69, 9.17) is 18.9 Å². The molecule has 1 aromatic rings. The number of phenolic OH excluding ortho intramolecular Hbond substituents is 1. The molecule has 2 heterocycles. The van der Waals surface area contributed by atoms with Gasteiger partial charge in [-0.3, -0.25) is 4.79 Å². The number of benzene rings is 1. The van der Waals surface area contributed by atoms with Crippen LogP contribution in [0.3, 0.4) is 0 Å². The minimum absolute atomic E-state index is 0.0503. The minimum Gasteiger partial charge on any atom is -0.504 e. The van der Waals surface area contributed by atoms with Crippen LogP contribution in [-0.2, 0) is 23.8 Å². The SMILES string of the molecule is COc1cc(C=CC(=O)O[C@@H]2[C@@H](OC(C)=O)[C@@H](O)[C@H]3CC=C[C@@]2(O)O3)ccc1O. The minimum atomic E-state index is -2.03. The van der Waals surface area contributed by atoms with E-state index in [9.17, 15) is 24.9 Å². The molecule has 1 saturated heterocycles. The number of carbonyl (C=O) groups excluding carboxylic acids is 2. The normalized spacial score (nSPS) is 30.8. The predicted octanol–water partition coefficient (Wildman–Crippen LogP) is 0.666. The Morgan fingerprint density at radius 2 is 2.07 bits per heavy atom. The molecule has 2 bridgehead atoms. The van der Waals surface area contributed by atoms with Crippen LogP contribution in [0.15, 0.2) is 36.4 Å². The van der Waals surface area contributed by atoms with Gasteiger partial charge < -0.3 is 34.3 Å². The Balaban J connectivity index is 1.79. The lowest BCUT2D eigenvalue weighted by molar-refractivity contribution is -0.329. The van der Waals surface area contributed by atoms with Crippen LogP contribution in [0.1, 0.15) is 18.9 Å². The molecule has 9 nitrogen and oxygen atoms in total. The summed E-state index contributed by atoms with van der Waals surface area (Å²) >= 11 is 0. The van der Waals surface area contributed by atoms with Crippen LogP contribution >= 0.6 is 0 Å². The Morgan fingerprint density at radius 3 is 2.76 bits per heavy atom. The first-order valence-electron chi connectivity index (χ1n) is 8.92. The molecule has 0 spiro atoms. The summed E-state index contributed by atoms with van der Waals surface area (Å²) in [5.74, 6) is -3.42.